The van der Waals surface area contributed by atoms with Crippen LogP contribution in [0.2, 0.25) is 0 Å². The van der Waals surface area contributed by atoms with E-state index in [1.54, 1.807) is 0 Å². The molecule has 0 aromatic rings. The van der Waals surface area contributed by atoms with E-state index in [2.05, 4.69) is 5.32 Å². The number of carbonyl (C=O) groups excluding carboxylic acids is 1. The minimum absolute atomic E-state index is 0.105. The first-order chi connectivity index (χ1) is 6.57. The Hall–Kier alpha value is -0.610. The highest BCUT2D eigenvalue weighted by Gasteiger charge is 2.09. The van der Waals surface area contributed by atoms with Crippen molar-refractivity contribution < 1.29 is 14.6 Å². The number of hydrogen-bond acceptors (Lipinski definition) is 3. The molecule has 4 nitrogen and oxygen atoms in total. The van der Waals surface area contributed by atoms with Crippen LogP contribution in [0, 0.1) is 5.92 Å². The van der Waals surface area contributed by atoms with Crippen LogP contribution in [0.25, 0.3) is 0 Å². The molecule has 84 valence electrons. The van der Waals surface area contributed by atoms with E-state index in [0.717, 1.165) is 0 Å². The van der Waals surface area contributed by atoms with Gasteiger partial charge in [0.25, 0.3) is 0 Å². The predicted octanol–water partition coefficient (Wildman–Crippen LogP) is 0.546. The topological polar surface area (TPSA) is 58.6 Å². The van der Waals surface area contributed by atoms with Gasteiger partial charge in [0, 0.05) is 13.2 Å². The third kappa shape index (κ3) is 6.86. The van der Waals surface area contributed by atoms with Gasteiger partial charge in [-0.3, -0.25) is 4.79 Å². The van der Waals surface area contributed by atoms with Gasteiger partial charge in [0.1, 0.15) is 6.61 Å². The van der Waals surface area contributed by atoms with Crippen molar-refractivity contribution in [3.05, 3.63) is 0 Å². The fourth-order valence-electron chi connectivity index (χ4n) is 0.939. The maximum absolute atomic E-state index is 11.0. The number of ether oxygens (including phenoxy) is 1. The number of aliphatic hydroxyl groups excluding tert-OH is 1. The lowest BCUT2D eigenvalue weighted by Crippen LogP contribution is -2.31. The summed E-state index contributed by atoms with van der Waals surface area (Å²) in [5.74, 6) is 0.113. The first-order valence-electron chi connectivity index (χ1n) is 5.10. The first-order valence-corrected chi connectivity index (χ1v) is 5.10. The molecule has 1 unspecified atom stereocenters. The Morgan fingerprint density at radius 1 is 1.50 bits per heavy atom. The molecule has 4 heteroatoms. The highest BCUT2D eigenvalue weighted by molar-refractivity contribution is 5.77. The molecule has 0 saturated heterocycles. The molecule has 0 aromatic heterocycles. The Bertz CT molecular complexity index is 159. The Morgan fingerprint density at radius 2 is 2.14 bits per heavy atom. The number of amides is 1. The van der Waals surface area contributed by atoms with Crippen molar-refractivity contribution in [3.8, 4) is 0 Å². The second-order valence-electron chi connectivity index (χ2n) is 3.59. The fourth-order valence-corrected chi connectivity index (χ4v) is 0.939. The molecule has 0 aliphatic rings. The van der Waals surface area contributed by atoms with Crippen LogP contribution in [-0.4, -0.2) is 36.9 Å². The normalized spacial score (nSPS) is 12.9. The van der Waals surface area contributed by atoms with E-state index in [0.29, 0.717) is 19.6 Å². The molecule has 0 aromatic carbocycles. The van der Waals surface area contributed by atoms with Gasteiger partial charge in [-0.2, -0.15) is 0 Å². The fraction of sp³-hybridized carbons (Fsp3) is 0.900. The van der Waals surface area contributed by atoms with E-state index in [1.807, 2.05) is 20.8 Å². The molecular formula is C10H21NO3. The molecule has 1 amide bonds. The third-order valence-corrected chi connectivity index (χ3v) is 1.97. The second-order valence-corrected chi connectivity index (χ2v) is 3.59. The Morgan fingerprint density at radius 3 is 2.64 bits per heavy atom. The van der Waals surface area contributed by atoms with Crippen molar-refractivity contribution >= 4 is 5.91 Å². The number of carbonyl (C=O) groups is 1. The van der Waals surface area contributed by atoms with Crippen LogP contribution in [0.4, 0.5) is 0 Å². The van der Waals surface area contributed by atoms with Crippen LogP contribution in [0.15, 0.2) is 0 Å². The molecule has 0 saturated carbocycles. The molecule has 0 rings (SSSR count). The van der Waals surface area contributed by atoms with Crippen molar-refractivity contribution in [1.82, 2.24) is 5.32 Å². The van der Waals surface area contributed by atoms with Crippen molar-refractivity contribution in [3.63, 3.8) is 0 Å². The summed E-state index contributed by atoms with van der Waals surface area (Å²) in [5.41, 5.74) is 0. The van der Waals surface area contributed by atoms with Gasteiger partial charge < -0.3 is 15.2 Å². The lowest BCUT2D eigenvalue weighted by atomic mass is 10.0. The van der Waals surface area contributed by atoms with Crippen LogP contribution in [-0.2, 0) is 9.53 Å². The van der Waals surface area contributed by atoms with E-state index in [4.69, 9.17) is 4.74 Å². The summed E-state index contributed by atoms with van der Waals surface area (Å²) in [6.45, 7) is 6.90. The molecule has 2 N–H and O–H groups in total. The summed E-state index contributed by atoms with van der Waals surface area (Å²) in [4.78, 5) is 11.0. The van der Waals surface area contributed by atoms with Gasteiger partial charge >= 0.3 is 0 Å². The van der Waals surface area contributed by atoms with Crippen molar-refractivity contribution in [2.45, 2.75) is 33.3 Å². The number of nitrogens with one attached hydrogen (secondary N) is 1. The van der Waals surface area contributed by atoms with Gasteiger partial charge in [0.15, 0.2) is 0 Å². The average Bonchev–Trinajstić information content (AvgIpc) is 2.14. The molecular weight excluding hydrogens is 182 g/mol. The molecule has 14 heavy (non-hydrogen) atoms. The first kappa shape index (κ1) is 13.4. The van der Waals surface area contributed by atoms with Gasteiger partial charge in [-0.25, -0.2) is 0 Å². The van der Waals surface area contributed by atoms with Crippen LogP contribution in [0.3, 0.4) is 0 Å². The van der Waals surface area contributed by atoms with Crippen LogP contribution in [0.1, 0.15) is 27.2 Å². The lowest BCUT2D eigenvalue weighted by molar-refractivity contribution is -0.125. The van der Waals surface area contributed by atoms with E-state index in [9.17, 15) is 9.90 Å². The molecule has 1 atom stereocenters. The quantitative estimate of drug-likeness (QED) is 0.635. The summed E-state index contributed by atoms with van der Waals surface area (Å²) in [7, 11) is 0. The van der Waals surface area contributed by atoms with Crippen molar-refractivity contribution in [2.24, 2.45) is 5.92 Å². The minimum Gasteiger partial charge on any atom is -0.393 e. The predicted molar refractivity (Wildman–Crippen MR) is 55.0 cm³/mol. The zero-order valence-electron chi connectivity index (χ0n) is 9.25. The molecule has 0 aliphatic carbocycles. The van der Waals surface area contributed by atoms with Gasteiger partial charge in [0.05, 0.1) is 6.10 Å². The summed E-state index contributed by atoms with van der Waals surface area (Å²) < 4.78 is 4.93. The molecule has 0 bridgehead atoms. The van der Waals surface area contributed by atoms with Crippen LogP contribution in [0.5, 0.6) is 0 Å². The van der Waals surface area contributed by atoms with E-state index < -0.39 is 0 Å². The minimum atomic E-state index is -0.345. The highest BCUT2D eigenvalue weighted by Crippen LogP contribution is 2.03. The second kappa shape index (κ2) is 7.76. The van der Waals surface area contributed by atoms with Crippen LogP contribution < -0.4 is 5.32 Å². The molecule has 0 fully saturated rings. The Labute approximate surface area is 85.6 Å². The molecule has 0 spiro atoms. The Balaban J connectivity index is 3.39. The van der Waals surface area contributed by atoms with Gasteiger partial charge in [-0.15, -0.1) is 0 Å². The number of hydrogen-bond donors (Lipinski definition) is 2. The summed E-state index contributed by atoms with van der Waals surface area (Å²) in [6, 6.07) is 0. The zero-order chi connectivity index (χ0) is 11.0. The molecule has 0 radical (unpaired) electrons. The average molecular weight is 203 g/mol. The van der Waals surface area contributed by atoms with Gasteiger partial charge in [-0.1, -0.05) is 13.8 Å². The molecule has 0 heterocycles. The highest BCUT2D eigenvalue weighted by atomic mass is 16.5. The van der Waals surface area contributed by atoms with Gasteiger partial charge in [-0.05, 0) is 19.3 Å². The zero-order valence-corrected chi connectivity index (χ0v) is 9.25. The van der Waals surface area contributed by atoms with Crippen molar-refractivity contribution in [2.75, 3.05) is 19.8 Å². The SMILES string of the molecule is CCOCC(=O)NCCC(O)C(C)C. The lowest BCUT2D eigenvalue weighted by Gasteiger charge is -2.14. The maximum atomic E-state index is 11.0. The maximum Gasteiger partial charge on any atom is 0.245 e. The van der Waals surface area contributed by atoms with E-state index in [-0.39, 0.29) is 24.5 Å². The summed E-state index contributed by atoms with van der Waals surface area (Å²) in [5, 5.41) is 12.1. The summed E-state index contributed by atoms with van der Waals surface area (Å²) in [6.07, 6.45) is 0.248. The van der Waals surface area contributed by atoms with E-state index in [1.165, 1.54) is 0 Å². The third-order valence-electron chi connectivity index (χ3n) is 1.97. The monoisotopic (exact) mass is 203 g/mol. The standard InChI is InChI=1S/C10H21NO3/c1-4-14-7-10(13)11-6-5-9(12)8(2)3/h8-9,12H,4-7H2,1-3H3,(H,11,13). The van der Waals surface area contributed by atoms with Crippen LogP contribution >= 0.6 is 0 Å². The summed E-state index contributed by atoms with van der Waals surface area (Å²) >= 11 is 0. The van der Waals surface area contributed by atoms with E-state index >= 15 is 0 Å². The molecule has 0 aliphatic heterocycles. The smallest absolute Gasteiger partial charge is 0.245 e. The Kier molecular flexibility index (Phi) is 7.42. The number of aliphatic hydroxyl groups is 1. The largest absolute Gasteiger partial charge is 0.393 e. The number of rotatable bonds is 7. The van der Waals surface area contributed by atoms with Gasteiger partial charge in [0.2, 0.25) is 5.91 Å². The van der Waals surface area contributed by atoms with Crippen molar-refractivity contribution in [1.29, 1.82) is 0 Å².